The lowest BCUT2D eigenvalue weighted by atomic mass is 10.0. The predicted octanol–water partition coefficient (Wildman–Crippen LogP) is 15.2. The summed E-state index contributed by atoms with van der Waals surface area (Å²) in [6.45, 7) is 4.61. The molecule has 1 heteroatoms. The second-order valence-electron chi connectivity index (χ2n) is 12.8. The van der Waals surface area contributed by atoms with Gasteiger partial charge in [-0.05, 0) is 18.6 Å². The van der Waals surface area contributed by atoms with E-state index in [1.807, 2.05) is 0 Å². The zero-order valence-corrected chi connectivity index (χ0v) is 28.6. The van der Waals surface area contributed by atoms with Gasteiger partial charge in [-0.2, -0.15) is 11.8 Å². The Balaban J connectivity index is 3.01. The molecular weight excluding hydrogens is 488 g/mol. The molecule has 0 saturated carbocycles. The molecule has 0 heterocycles. The summed E-state index contributed by atoms with van der Waals surface area (Å²) in [4.78, 5) is 0. The van der Waals surface area contributed by atoms with Gasteiger partial charge in [-0.15, -0.1) is 0 Å². The van der Waals surface area contributed by atoms with E-state index in [2.05, 4.69) is 31.4 Å². The smallest absolute Gasteiger partial charge is 0.0166 e. The Morgan fingerprint density at radius 3 is 0.795 bits per heavy atom. The highest BCUT2D eigenvalue weighted by atomic mass is 32.2. The van der Waals surface area contributed by atoms with Crippen molar-refractivity contribution in [3.63, 3.8) is 0 Å². The minimum absolute atomic E-state index is 1.34. The van der Waals surface area contributed by atoms with Crippen molar-refractivity contribution in [1.29, 1.82) is 0 Å². The normalized spacial score (nSPS) is 11.5. The molecule has 0 nitrogen and oxygen atoms in total. The fraction of sp³-hybridized carbons (Fsp3) is 0.974. The molecule has 0 atom stereocenters. The van der Waals surface area contributed by atoms with Crippen molar-refractivity contribution in [3.8, 4) is 0 Å². The van der Waals surface area contributed by atoms with Crippen molar-refractivity contribution in [2.75, 3.05) is 5.75 Å². The zero-order valence-electron chi connectivity index (χ0n) is 27.7. The van der Waals surface area contributed by atoms with Crippen LogP contribution in [0.5, 0.6) is 0 Å². The summed E-state index contributed by atoms with van der Waals surface area (Å²) in [5.41, 5.74) is 0. The molecule has 0 unspecified atom stereocenters. The molecule has 0 aliphatic rings. The Morgan fingerprint density at radius 1 is 0.282 bits per heavy atom. The van der Waals surface area contributed by atoms with Gasteiger partial charge < -0.3 is 0 Å². The van der Waals surface area contributed by atoms with Crippen LogP contribution in [0.2, 0.25) is 0 Å². The highest BCUT2D eigenvalue weighted by Gasteiger charge is 1.97. The van der Waals surface area contributed by atoms with Crippen LogP contribution < -0.4 is 0 Å². The van der Waals surface area contributed by atoms with Crippen molar-refractivity contribution < 1.29 is 0 Å². The van der Waals surface area contributed by atoms with Crippen molar-refractivity contribution in [2.24, 2.45) is 0 Å². The SMILES string of the molecule is CCCCCCCCCCCCCCCCCCCCCCC[CH]SCCCCCCCCCCCCCC. The predicted molar refractivity (Wildman–Crippen MR) is 185 cm³/mol. The lowest BCUT2D eigenvalue weighted by Gasteiger charge is -2.04. The van der Waals surface area contributed by atoms with E-state index in [1.54, 1.807) is 0 Å². The molecular formula is C38H77S. The lowest BCUT2D eigenvalue weighted by Crippen LogP contribution is -1.85. The molecule has 0 aromatic rings. The number of hydrogen-bond acceptors (Lipinski definition) is 1. The number of rotatable bonds is 36. The number of thioether (sulfide) groups is 1. The first-order chi connectivity index (χ1) is 19.4. The minimum Gasteiger partial charge on any atom is -0.157 e. The average Bonchev–Trinajstić information content (AvgIpc) is 2.95. The highest BCUT2D eigenvalue weighted by Crippen LogP contribution is 2.18. The van der Waals surface area contributed by atoms with Crippen LogP contribution in [-0.4, -0.2) is 5.75 Å². The maximum Gasteiger partial charge on any atom is 0.0166 e. The average molecular weight is 566 g/mol. The third-order valence-corrected chi connectivity index (χ3v) is 9.65. The van der Waals surface area contributed by atoms with Crippen LogP contribution in [0.15, 0.2) is 0 Å². The summed E-state index contributed by atoms with van der Waals surface area (Å²) in [6.07, 6.45) is 49.8. The summed E-state index contributed by atoms with van der Waals surface area (Å²) in [6, 6.07) is 0. The van der Waals surface area contributed by atoms with Crippen LogP contribution in [0.3, 0.4) is 0 Å². The van der Waals surface area contributed by atoms with Gasteiger partial charge >= 0.3 is 0 Å². The third-order valence-electron chi connectivity index (χ3n) is 8.66. The first-order valence-corrected chi connectivity index (χ1v) is 19.9. The van der Waals surface area contributed by atoms with Gasteiger partial charge in [0.2, 0.25) is 0 Å². The van der Waals surface area contributed by atoms with Crippen LogP contribution in [0.25, 0.3) is 0 Å². The van der Waals surface area contributed by atoms with Gasteiger partial charge in [0, 0.05) is 5.75 Å². The first kappa shape index (κ1) is 39.4. The summed E-state index contributed by atoms with van der Waals surface area (Å²) in [5.74, 6) is 3.87. The molecule has 0 amide bonds. The third kappa shape index (κ3) is 38.4. The number of hydrogen-bond donors (Lipinski definition) is 0. The van der Waals surface area contributed by atoms with E-state index >= 15 is 0 Å². The Hall–Kier alpha value is 0.350. The van der Waals surface area contributed by atoms with Gasteiger partial charge in [-0.3, -0.25) is 0 Å². The van der Waals surface area contributed by atoms with Crippen LogP contribution in [0, 0.1) is 5.75 Å². The first-order valence-electron chi connectivity index (χ1n) is 18.8. The van der Waals surface area contributed by atoms with Crippen molar-refractivity contribution in [3.05, 3.63) is 5.75 Å². The summed E-state index contributed by atoms with van der Waals surface area (Å²) >= 11 is 2.10. The Kier molecular flexibility index (Phi) is 38.7. The molecule has 39 heavy (non-hydrogen) atoms. The van der Waals surface area contributed by atoms with Crippen molar-refractivity contribution in [1.82, 2.24) is 0 Å². The minimum atomic E-state index is 1.34. The molecule has 1 radical (unpaired) electrons. The van der Waals surface area contributed by atoms with Gasteiger partial charge in [0.1, 0.15) is 0 Å². The molecule has 0 fully saturated rings. The maximum absolute atomic E-state index is 2.51. The van der Waals surface area contributed by atoms with Gasteiger partial charge in [-0.1, -0.05) is 219 Å². The van der Waals surface area contributed by atoms with E-state index in [0.29, 0.717) is 0 Å². The quantitative estimate of drug-likeness (QED) is 0.0681. The fourth-order valence-electron chi connectivity index (χ4n) is 5.85. The van der Waals surface area contributed by atoms with Crippen LogP contribution in [0.1, 0.15) is 232 Å². The van der Waals surface area contributed by atoms with Crippen LogP contribution in [-0.2, 0) is 0 Å². The maximum atomic E-state index is 2.51. The van der Waals surface area contributed by atoms with Gasteiger partial charge in [0.25, 0.3) is 0 Å². The second-order valence-corrected chi connectivity index (χ2v) is 13.9. The molecule has 0 aromatic heterocycles. The highest BCUT2D eigenvalue weighted by molar-refractivity contribution is 8.01. The van der Waals surface area contributed by atoms with E-state index in [-0.39, 0.29) is 0 Å². The number of unbranched alkanes of at least 4 members (excludes halogenated alkanes) is 32. The summed E-state index contributed by atoms with van der Waals surface area (Å²) in [5, 5.41) is 0. The van der Waals surface area contributed by atoms with Crippen molar-refractivity contribution in [2.45, 2.75) is 232 Å². The molecule has 0 spiro atoms. The molecule has 0 aromatic carbocycles. The molecule has 0 saturated heterocycles. The van der Waals surface area contributed by atoms with E-state index in [4.69, 9.17) is 0 Å². The lowest BCUT2D eigenvalue weighted by molar-refractivity contribution is 0.520. The van der Waals surface area contributed by atoms with E-state index in [1.165, 1.54) is 224 Å². The zero-order chi connectivity index (χ0) is 28.2. The molecule has 0 N–H and O–H groups in total. The Bertz CT molecular complexity index is 356. The monoisotopic (exact) mass is 566 g/mol. The van der Waals surface area contributed by atoms with E-state index in [9.17, 15) is 0 Å². The van der Waals surface area contributed by atoms with Crippen LogP contribution in [0.4, 0.5) is 0 Å². The fourth-order valence-corrected chi connectivity index (χ4v) is 6.72. The van der Waals surface area contributed by atoms with Gasteiger partial charge in [0.05, 0.1) is 0 Å². The Morgan fingerprint density at radius 2 is 0.513 bits per heavy atom. The van der Waals surface area contributed by atoms with E-state index < -0.39 is 0 Å². The topological polar surface area (TPSA) is 0 Å². The Labute approximate surface area is 254 Å². The molecule has 235 valence electrons. The molecule has 0 aliphatic heterocycles. The van der Waals surface area contributed by atoms with E-state index in [0.717, 1.165) is 0 Å². The molecule has 0 rings (SSSR count). The van der Waals surface area contributed by atoms with Gasteiger partial charge in [0.15, 0.2) is 0 Å². The molecule has 0 bridgehead atoms. The summed E-state index contributed by atoms with van der Waals surface area (Å²) < 4.78 is 0. The standard InChI is InChI=1S/C38H77S/c1-3-5-7-9-11-13-15-17-18-19-20-21-22-23-24-25-26-28-30-32-34-36-38-39-37-35-33-31-29-27-16-14-12-10-8-6-4-2/h38H,3-37H2,1-2H3. The van der Waals surface area contributed by atoms with Crippen molar-refractivity contribution >= 4 is 11.8 Å². The second kappa shape index (κ2) is 38.4. The van der Waals surface area contributed by atoms with Gasteiger partial charge in [-0.25, -0.2) is 0 Å². The largest absolute Gasteiger partial charge is 0.157 e. The molecule has 0 aliphatic carbocycles. The van der Waals surface area contributed by atoms with Crippen LogP contribution >= 0.6 is 11.8 Å². The summed E-state index contributed by atoms with van der Waals surface area (Å²) in [7, 11) is 0.